The Labute approximate surface area is 195 Å². The van der Waals surface area contributed by atoms with Crippen molar-refractivity contribution >= 4 is 29.9 Å². The minimum Gasteiger partial charge on any atom is -0.356 e. The van der Waals surface area contributed by atoms with Crippen LogP contribution in [0.5, 0.6) is 0 Å². The minimum atomic E-state index is -4.31. The summed E-state index contributed by atoms with van der Waals surface area (Å²) < 4.78 is 38.7. The molecule has 172 valence electrons. The maximum absolute atomic E-state index is 12.9. The highest BCUT2D eigenvalue weighted by atomic mass is 127. The molecule has 0 saturated carbocycles. The number of nitrogens with one attached hydrogen (secondary N) is 2. The van der Waals surface area contributed by atoms with Crippen molar-refractivity contribution in [2.75, 3.05) is 53.4 Å². The number of likely N-dealkylation sites (N-methyl/N-ethyl adjacent to an activating group) is 1. The Kier molecular flexibility index (Phi) is 11.4. The van der Waals surface area contributed by atoms with Crippen LogP contribution in [0.25, 0.3) is 0 Å². The van der Waals surface area contributed by atoms with Crippen LogP contribution in [-0.4, -0.2) is 75.2 Å². The topological polar surface area (TPSA) is 42.9 Å². The molecule has 9 heteroatoms. The number of halogens is 4. The molecule has 1 heterocycles. The van der Waals surface area contributed by atoms with Gasteiger partial charge in [0.15, 0.2) is 5.96 Å². The molecule has 1 aromatic rings. The first-order chi connectivity index (χ1) is 13.7. The normalized spacial score (nSPS) is 18.4. The number of rotatable bonds is 7. The highest BCUT2D eigenvalue weighted by Gasteiger charge is 2.30. The summed E-state index contributed by atoms with van der Waals surface area (Å²) in [5, 5.41) is 6.63. The van der Waals surface area contributed by atoms with Gasteiger partial charge in [-0.1, -0.05) is 25.1 Å². The number of hydrogen-bond donors (Lipinski definition) is 2. The van der Waals surface area contributed by atoms with Gasteiger partial charge in [0.05, 0.1) is 5.56 Å². The van der Waals surface area contributed by atoms with E-state index in [9.17, 15) is 13.2 Å². The fourth-order valence-electron chi connectivity index (χ4n) is 3.45. The molecule has 1 fully saturated rings. The van der Waals surface area contributed by atoms with E-state index in [2.05, 4.69) is 39.4 Å². The number of guanidine groups is 1. The molecule has 5 nitrogen and oxygen atoms in total. The zero-order chi connectivity index (χ0) is 21.4. The van der Waals surface area contributed by atoms with Crippen LogP contribution in [0.1, 0.15) is 37.3 Å². The molecule has 0 amide bonds. The summed E-state index contributed by atoms with van der Waals surface area (Å²) in [6.07, 6.45) is -3.59. The zero-order valence-corrected chi connectivity index (χ0v) is 20.6. The fraction of sp³-hybridized carbons (Fsp3) is 0.667. The Bertz CT molecular complexity index is 660. The maximum Gasteiger partial charge on any atom is 0.416 e. The molecule has 30 heavy (non-hydrogen) atoms. The average molecular weight is 541 g/mol. The number of benzene rings is 1. The van der Waals surface area contributed by atoms with Gasteiger partial charge in [-0.2, -0.15) is 13.2 Å². The number of nitrogens with zero attached hydrogens (tertiary/aromatic N) is 3. The number of hydrogen-bond acceptors (Lipinski definition) is 3. The van der Waals surface area contributed by atoms with E-state index in [-0.39, 0.29) is 29.9 Å². The molecule has 1 saturated heterocycles. The van der Waals surface area contributed by atoms with Gasteiger partial charge in [-0.3, -0.25) is 9.89 Å². The molecule has 0 aliphatic carbocycles. The summed E-state index contributed by atoms with van der Waals surface area (Å²) in [6.45, 7) is 9.91. The molecule has 1 aliphatic rings. The number of alkyl halides is 3. The van der Waals surface area contributed by atoms with Crippen LogP contribution in [0, 0.1) is 0 Å². The van der Waals surface area contributed by atoms with Gasteiger partial charge in [-0.15, -0.1) is 24.0 Å². The third kappa shape index (κ3) is 8.58. The van der Waals surface area contributed by atoms with Crippen molar-refractivity contribution < 1.29 is 13.2 Å². The first-order valence-electron chi connectivity index (χ1n) is 10.2. The molecule has 0 radical (unpaired) electrons. The van der Waals surface area contributed by atoms with E-state index in [4.69, 9.17) is 0 Å². The van der Waals surface area contributed by atoms with Crippen LogP contribution in [0.3, 0.4) is 0 Å². The van der Waals surface area contributed by atoms with E-state index in [0.717, 1.165) is 51.2 Å². The van der Waals surface area contributed by atoms with Crippen molar-refractivity contribution in [1.82, 2.24) is 20.4 Å². The smallest absolute Gasteiger partial charge is 0.356 e. The SMILES string of the molecule is CN=C(NCCC(C)c1cccc(C(F)(F)F)c1)NCC(C)N1CCN(C)CC1.I. The second-order valence-electron chi connectivity index (χ2n) is 7.88. The minimum absolute atomic E-state index is 0. The van der Waals surface area contributed by atoms with E-state index >= 15 is 0 Å². The fourth-order valence-corrected chi connectivity index (χ4v) is 3.45. The lowest BCUT2D eigenvalue weighted by Gasteiger charge is -2.36. The molecule has 2 N–H and O–H groups in total. The number of aliphatic imine (C=N–C) groups is 1. The quantitative estimate of drug-likeness (QED) is 0.315. The lowest BCUT2D eigenvalue weighted by molar-refractivity contribution is -0.137. The summed E-state index contributed by atoms with van der Waals surface area (Å²) in [5.74, 6) is 0.745. The van der Waals surface area contributed by atoms with Crippen LogP contribution < -0.4 is 10.6 Å². The molecule has 1 aliphatic heterocycles. The molecule has 1 aromatic carbocycles. The molecular formula is C21H35F3IN5. The first kappa shape index (κ1) is 27.0. The largest absolute Gasteiger partial charge is 0.416 e. The number of piperazine rings is 1. The third-order valence-electron chi connectivity index (χ3n) is 5.60. The molecule has 2 unspecified atom stereocenters. The van der Waals surface area contributed by atoms with Crippen LogP contribution >= 0.6 is 24.0 Å². The van der Waals surface area contributed by atoms with E-state index in [0.29, 0.717) is 18.2 Å². The molecule has 0 bridgehead atoms. The Morgan fingerprint density at radius 2 is 1.80 bits per heavy atom. The molecule has 2 rings (SSSR count). The van der Waals surface area contributed by atoms with Gasteiger partial charge in [0.25, 0.3) is 0 Å². The van der Waals surface area contributed by atoms with Crippen LogP contribution in [0.15, 0.2) is 29.3 Å². The van der Waals surface area contributed by atoms with E-state index in [1.54, 1.807) is 13.1 Å². The van der Waals surface area contributed by atoms with Crippen molar-refractivity contribution in [2.24, 2.45) is 4.99 Å². The van der Waals surface area contributed by atoms with Crippen molar-refractivity contribution in [2.45, 2.75) is 38.4 Å². The van der Waals surface area contributed by atoms with Crippen LogP contribution in [0.2, 0.25) is 0 Å². The van der Waals surface area contributed by atoms with Crippen molar-refractivity contribution in [3.05, 3.63) is 35.4 Å². The first-order valence-corrected chi connectivity index (χ1v) is 10.2. The van der Waals surface area contributed by atoms with Gasteiger partial charge in [-0.05, 0) is 37.9 Å². The Balaban J connectivity index is 0.00000450. The lowest BCUT2D eigenvalue weighted by atomic mass is 9.96. The second kappa shape index (κ2) is 12.7. The average Bonchev–Trinajstić information content (AvgIpc) is 2.70. The van der Waals surface area contributed by atoms with Crippen LogP contribution in [-0.2, 0) is 6.18 Å². The Morgan fingerprint density at radius 1 is 1.13 bits per heavy atom. The van der Waals surface area contributed by atoms with Crippen molar-refractivity contribution in [3.63, 3.8) is 0 Å². The third-order valence-corrected chi connectivity index (χ3v) is 5.60. The highest BCUT2D eigenvalue weighted by molar-refractivity contribution is 14.0. The summed E-state index contributed by atoms with van der Waals surface area (Å²) in [5.41, 5.74) is 0.110. The van der Waals surface area contributed by atoms with E-state index < -0.39 is 11.7 Å². The van der Waals surface area contributed by atoms with Gasteiger partial charge in [0.2, 0.25) is 0 Å². The van der Waals surface area contributed by atoms with Crippen LogP contribution in [0.4, 0.5) is 13.2 Å². The molecule has 0 spiro atoms. The monoisotopic (exact) mass is 541 g/mol. The summed E-state index contributed by atoms with van der Waals surface area (Å²) >= 11 is 0. The molecular weight excluding hydrogens is 506 g/mol. The molecule has 2 atom stereocenters. The summed E-state index contributed by atoms with van der Waals surface area (Å²) in [4.78, 5) is 9.06. The van der Waals surface area contributed by atoms with Gasteiger partial charge in [0, 0.05) is 52.4 Å². The zero-order valence-electron chi connectivity index (χ0n) is 18.3. The Morgan fingerprint density at radius 3 is 2.40 bits per heavy atom. The van der Waals surface area contributed by atoms with Gasteiger partial charge >= 0.3 is 6.18 Å². The van der Waals surface area contributed by atoms with Crippen molar-refractivity contribution in [3.8, 4) is 0 Å². The lowest BCUT2D eigenvalue weighted by Crippen LogP contribution is -2.52. The van der Waals surface area contributed by atoms with Gasteiger partial charge < -0.3 is 15.5 Å². The van der Waals surface area contributed by atoms with E-state index in [1.165, 1.54) is 12.1 Å². The summed E-state index contributed by atoms with van der Waals surface area (Å²) in [6, 6.07) is 6.00. The maximum atomic E-state index is 12.9. The van der Waals surface area contributed by atoms with E-state index in [1.807, 2.05) is 6.92 Å². The standard InChI is InChI=1S/C21H34F3N5.HI/c1-16(18-6-5-7-19(14-18)21(22,23)24)8-9-26-20(25-3)27-15-17(2)29-12-10-28(4)11-13-29;/h5-7,14,16-17H,8-13,15H2,1-4H3,(H2,25,26,27);1H. The second-order valence-corrected chi connectivity index (χ2v) is 7.88. The molecule has 0 aromatic heterocycles. The predicted molar refractivity (Wildman–Crippen MR) is 128 cm³/mol. The highest BCUT2D eigenvalue weighted by Crippen LogP contribution is 2.31. The van der Waals surface area contributed by atoms with Crippen molar-refractivity contribution in [1.29, 1.82) is 0 Å². The van der Waals surface area contributed by atoms with Gasteiger partial charge in [0.1, 0.15) is 0 Å². The predicted octanol–water partition coefficient (Wildman–Crippen LogP) is 3.62. The summed E-state index contributed by atoms with van der Waals surface area (Å²) in [7, 11) is 3.87. The van der Waals surface area contributed by atoms with Gasteiger partial charge in [-0.25, -0.2) is 0 Å². The Hall–Kier alpha value is -1.07.